The molecule has 0 saturated heterocycles. The normalized spacial score (nSPS) is 12.4. The van der Waals surface area contributed by atoms with Gasteiger partial charge in [0.25, 0.3) is 11.5 Å². The number of aromatic nitrogens is 3. The molecule has 2 heterocycles. The quantitative estimate of drug-likeness (QED) is 0.489. The zero-order chi connectivity index (χ0) is 20.7. The molecule has 1 N–H and O–H groups in total. The number of H-pyrrole nitrogens is 1. The predicted molar refractivity (Wildman–Crippen MR) is 119 cm³/mol. The van der Waals surface area contributed by atoms with Crippen LogP contribution in [0.5, 0.6) is 0 Å². The van der Waals surface area contributed by atoms with Crippen molar-refractivity contribution in [3.05, 3.63) is 68.2 Å². The van der Waals surface area contributed by atoms with Crippen LogP contribution in [0.2, 0.25) is 0 Å². The number of para-hydroxylation sites is 1. The van der Waals surface area contributed by atoms with Crippen molar-refractivity contribution in [3.63, 3.8) is 0 Å². The minimum atomic E-state index is -0.179. The first-order valence-corrected chi connectivity index (χ1v) is 10.5. The Morgan fingerprint density at radius 2 is 2.07 bits per heavy atom. The first kappa shape index (κ1) is 19.5. The maximum atomic E-state index is 13.1. The minimum Gasteiger partial charge on any atom is -0.333 e. The van der Waals surface area contributed by atoms with Crippen molar-refractivity contribution in [1.29, 1.82) is 0 Å². The number of carbonyl (C=O) groups excluding carboxylic acids is 1. The van der Waals surface area contributed by atoms with Gasteiger partial charge in [-0.25, -0.2) is 4.98 Å². The van der Waals surface area contributed by atoms with E-state index in [0.717, 1.165) is 15.2 Å². The Morgan fingerprint density at radius 3 is 2.79 bits per heavy atom. The highest BCUT2D eigenvalue weighted by Gasteiger charge is 2.22. The van der Waals surface area contributed by atoms with Gasteiger partial charge in [-0.3, -0.25) is 14.2 Å². The molecule has 1 unspecified atom stereocenters. The van der Waals surface area contributed by atoms with Gasteiger partial charge in [-0.05, 0) is 56.4 Å². The second-order valence-electron chi connectivity index (χ2n) is 6.85. The summed E-state index contributed by atoms with van der Waals surface area (Å²) in [6, 6.07) is 12.8. The van der Waals surface area contributed by atoms with E-state index in [4.69, 9.17) is 12.2 Å². The summed E-state index contributed by atoms with van der Waals surface area (Å²) in [6.07, 6.45) is 0. The van der Waals surface area contributed by atoms with Crippen LogP contribution in [0.1, 0.15) is 35.3 Å². The molecule has 29 heavy (non-hydrogen) atoms. The summed E-state index contributed by atoms with van der Waals surface area (Å²) in [5, 5.41) is 1.40. The third-order valence-electron chi connectivity index (χ3n) is 5.11. The number of nitrogens with one attached hydrogen (secondary N) is 1. The average molecular weight is 425 g/mol. The van der Waals surface area contributed by atoms with Crippen LogP contribution in [0.3, 0.4) is 0 Å². The van der Waals surface area contributed by atoms with Crippen molar-refractivity contribution in [2.75, 3.05) is 7.05 Å². The van der Waals surface area contributed by atoms with Gasteiger partial charge in [0, 0.05) is 19.2 Å². The Morgan fingerprint density at radius 1 is 1.31 bits per heavy atom. The van der Waals surface area contributed by atoms with E-state index < -0.39 is 0 Å². The number of hydrogen-bond donors (Lipinski definition) is 1. The zero-order valence-electron chi connectivity index (χ0n) is 16.3. The fraction of sp³-hybridized carbons (Fsp3) is 0.238. The molecule has 0 aliphatic heterocycles. The highest BCUT2D eigenvalue weighted by Crippen LogP contribution is 2.29. The molecule has 4 aromatic rings. The molecule has 0 bridgehead atoms. The van der Waals surface area contributed by atoms with Gasteiger partial charge in [-0.1, -0.05) is 12.1 Å². The van der Waals surface area contributed by atoms with Gasteiger partial charge in [0.05, 0.1) is 27.2 Å². The lowest BCUT2D eigenvalue weighted by atomic mass is 10.1. The molecule has 1 amide bonds. The molecule has 0 fully saturated rings. The van der Waals surface area contributed by atoms with Gasteiger partial charge in [-0.2, -0.15) is 0 Å². The van der Waals surface area contributed by atoms with Crippen molar-refractivity contribution >= 4 is 50.6 Å². The standard InChI is InChI=1S/C21H20N4O2S2/c1-4-25-20(27)14-10-9-13(11-16(14)23-21(25)28)19(26)24(3)12(2)18-22-15-7-5-6-8-17(15)29-18/h5-12H,4H2,1-3H3,(H,23,28). The Hall–Kier alpha value is -2.84. The van der Waals surface area contributed by atoms with Gasteiger partial charge < -0.3 is 9.88 Å². The summed E-state index contributed by atoms with van der Waals surface area (Å²) in [4.78, 5) is 35.0. The topological polar surface area (TPSA) is 71.0 Å². The number of hydrogen-bond acceptors (Lipinski definition) is 5. The van der Waals surface area contributed by atoms with Crippen molar-refractivity contribution in [3.8, 4) is 0 Å². The monoisotopic (exact) mass is 424 g/mol. The fourth-order valence-electron chi connectivity index (χ4n) is 3.29. The van der Waals surface area contributed by atoms with Crippen molar-refractivity contribution in [2.45, 2.75) is 26.4 Å². The summed E-state index contributed by atoms with van der Waals surface area (Å²) in [6.45, 7) is 4.32. The number of rotatable bonds is 4. The summed E-state index contributed by atoms with van der Waals surface area (Å²) in [7, 11) is 1.76. The van der Waals surface area contributed by atoms with Gasteiger partial charge >= 0.3 is 0 Å². The fourth-order valence-corrected chi connectivity index (χ4v) is 4.67. The third-order valence-corrected chi connectivity index (χ3v) is 6.64. The molecule has 0 aliphatic rings. The van der Waals surface area contributed by atoms with Crippen molar-refractivity contribution in [1.82, 2.24) is 19.4 Å². The summed E-state index contributed by atoms with van der Waals surface area (Å²) < 4.78 is 2.95. The molecule has 148 valence electrons. The van der Waals surface area contributed by atoms with Crippen LogP contribution in [-0.2, 0) is 6.54 Å². The molecular weight excluding hydrogens is 404 g/mol. The molecule has 2 aromatic carbocycles. The number of amides is 1. The third kappa shape index (κ3) is 3.38. The van der Waals surface area contributed by atoms with Gasteiger partial charge in [0.1, 0.15) is 5.01 Å². The van der Waals surface area contributed by atoms with E-state index in [2.05, 4.69) is 9.97 Å². The maximum absolute atomic E-state index is 13.1. The molecule has 0 radical (unpaired) electrons. The minimum absolute atomic E-state index is 0.141. The van der Waals surface area contributed by atoms with Crippen molar-refractivity contribution in [2.24, 2.45) is 0 Å². The number of thiazole rings is 1. The highest BCUT2D eigenvalue weighted by atomic mass is 32.1. The smallest absolute Gasteiger partial charge is 0.262 e. The molecule has 0 saturated carbocycles. The molecular formula is C21H20N4O2S2. The Balaban J connectivity index is 1.68. The molecule has 4 rings (SSSR count). The van der Waals surface area contributed by atoms with E-state index in [1.807, 2.05) is 38.1 Å². The van der Waals surface area contributed by atoms with Crippen LogP contribution in [-0.4, -0.2) is 32.4 Å². The number of fused-ring (bicyclic) bond motifs is 2. The van der Waals surface area contributed by atoms with E-state index in [-0.39, 0.29) is 17.5 Å². The molecule has 0 spiro atoms. The van der Waals surface area contributed by atoms with Gasteiger partial charge in [-0.15, -0.1) is 11.3 Å². The highest BCUT2D eigenvalue weighted by molar-refractivity contribution is 7.71. The van der Waals surface area contributed by atoms with E-state index in [9.17, 15) is 9.59 Å². The van der Waals surface area contributed by atoms with E-state index in [1.165, 1.54) is 4.57 Å². The number of benzene rings is 2. The van der Waals surface area contributed by atoms with E-state index in [1.54, 1.807) is 41.5 Å². The molecule has 2 aromatic heterocycles. The molecule has 6 nitrogen and oxygen atoms in total. The first-order valence-electron chi connectivity index (χ1n) is 9.30. The van der Waals surface area contributed by atoms with Crippen LogP contribution in [0.25, 0.3) is 21.1 Å². The largest absolute Gasteiger partial charge is 0.333 e. The van der Waals surface area contributed by atoms with Crippen LogP contribution >= 0.6 is 23.6 Å². The number of nitrogens with zero attached hydrogens (tertiary/aromatic N) is 3. The Labute approximate surface area is 176 Å². The van der Waals surface area contributed by atoms with Crippen LogP contribution in [0, 0.1) is 4.77 Å². The predicted octanol–water partition coefficient (Wildman–Crippen LogP) is 4.52. The molecule has 8 heteroatoms. The van der Waals surface area contributed by atoms with Gasteiger partial charge in [0.2, 0.25) is 0 Å². The number of carbonyl (C=O) groups is 1. The average Bonchev–Trinajstić information content (AvgIpc) is 3.16. The maximum Gasteiger partial charge on any atom is 0.262 e. The molecule has 0 aliphatic carbocycles. The van der Waals surface area contributed by atoms with Crippen molar-refractivity contribution < 1.29 is 4.79 Å². The summed E-state index contributed by atoms with van der Waals surface area (Å²) in [5.41, 5.74) is 1.84. The lowest BCUT2D eigenvalue weighted by Crippen LogP contribution is -2.29. The summed E-state index contributed by atoms with van der Waals surface area (Å²) in [5.74, 6) is -0.141. The second kappa shape index (κ2) is 7.53. The summed E-state index contributed by atoms with van der Waals surface area (Å²) >= 11 is 6.86. The van der Waals surface area contributed by atoms with E-state index >= 15 is 0 Å². The SMILES string of the molecule is CCn1c(=S)[nH]c2cc(C(=O)N(C)C(C)c3nc4ccccc4s3)ccc2c1=O. The Kier molecular flexibility index (Phi) is 5.06. The Bertz CT molecular complexity index is 1320. The second-order valence-corrected chi connectivity index (χ2v) is 8.30. The van der Waals surface area contributed by atoms with Crippen LogP contribution in [0.15, 0.2) is 47.3 Å². The zero-order valence-corrected chi connectivity index (χ0v) is 17.9. The molecule has 1 atom stereocenters. The van der Waals surface area contributed by atoms with E-state index in [0.29, 0.717) is 27.8 Å². The lowest BCUT2D eigenvalue weighted by Gasteiger charge is -2.23. The van der Waals surface area contributed by atoms with Crippen LogP contribution < -0.4 is 5.56 Å². The number of aromatic amines is 1. The first-order chi connectivity index (χ1) is 13.9. The van der Waals surface area contributed by atoms with Crippen LogP contribution in [0.4, 0.5) is 0 Å². The van der Waals surface area contributed by atoms with Gasteiger partial charge in [0.15, 0.2) is 4.77 Å². The lowest BCUT2D eigenvalue weighted by molar-refractivity contribution is 0.0742.